The third-order valence-electron chi connectivity index (χ3n) is 9.01. The van der Waals surface area contributed by atoms with Crippen LogP contribution in [-0.4, -0.2) is 83.8 Å². The van der Waals surface area contributed by atoms with Gasteiger partial charge in [-0.25, -0.2) is 28.7 Å². The normalized spacial score (nSPS) is 17.4. The molecular formula is C36H44FN5O8. The van der Waals surface area contributed by atoms with Crippen LogP contribution < -0.4 is 19.7 Å². The lowest BCUT2D eigenvalue weighted by atomic mass is 9.61. The van der Waals surface area contributed by atoms with Crippen molar-refractivity contribution in [1.29, 1.82) is 0 Å². The van der Waals surface area contributed by atoms with Gasteiger partial charge in [0.25, 0.3) is 0 Å². The number of benzene rings is 1. The number of ether oxygens (including phenoxy) is 5. The van der Waals surface area contributed by atoms with Crippen LogP contribution in [0.1, 0.15) is 67.2 Å². The molecular weight excluding hydrogens is 649 g/mol. The largest absolute Gasteiger partial charge is 0.494 e. The first kappa shape index (κ1) is 35.0. The number of hydrogen-bond acceptors (Lipinski definition) is 10. The summed E-state index contributed by atoms with van der Waals surface area (Å²) < 4.78 is 43.9. The van der Waals surface area contributed by atoms with Crippen LogP contribution in [0.4, 0.5) is 30.3 Å². The zero-order valence-corrected chi connectivity index (χ0v) is 29.6. The van der Waals surface area contributed by atoms with E-state index in [4.69, 9.17) is 23.7 Å². The van der Waals surface area contributed by atoms with Crippen LogP contribution in [0.3, 0.4) is 0 Å². The van der Waals surface area contributed by atoms with Crippen molar-refractivity contribution < 1.29 is 42.5 Å². The van der Waals surface area contributed by atoms with E-state index >= 15 is 4.39 Å². The summed E-state index contributed by atoms with van der Waals surface area (Å²) in [7, 11) is 1.43. The number of rotatable bonds is 4. The van der Waals surface area contributed by atoms with Crippen LogP contribution in [0.15, 0.2) is 30.6 Å². The molecule has 0 radical (unpaired) electrons. The standard InChI is InChI=1S/C36H44FN5O8/c1-34(2,3)49-32(44)41-10-8-36(9-11-41)17-23(18-36)48-31(43)40-27-16-21-14-24(26(37)15-22(21)19-38-27)25-20-39-30-28(29(25)46-7)42(12-13-47-30)33(45)50-35(4,5)6/h14-16,19-20,23H,8-13,17-18H2,1-7H3,(H,38,40,43). The van der Waals surface area contributed by atoms with E-state index in [9.17, 15) is 14.4 Å². The molecule has 1 saturated carbocycles. The number of pyridine rings is 2. The van der Waals surface area contributed by atoms with Gasteiger partial charge in [-0.2, -0.15) is 0 Å². The minimum absolute atomic E-state index is 0.0494. The van der Waals surface area contributed by atoms with E-state index < -0.39 is 29.2 Å². The van der Waals surface area contributed by atoms with Gasteiger partial charge in [-0.05, 0) is 96.2 Å². The second-order valence-electron chi connectivity index (χ2n) is 15.1. The minimum atomic E-state index is -0.743. The van der Waals surface area contributed by atoms with Crippen LogP contribution >= 0.6 is 0 Å². The fourth-order valence-electron chi connectivity index (χ4n) is 6.67. The van der Waals surface area contributed by atoms with Gasteiger partial charge in [0.2, 0.25) is 5.88 Å². The molecule has 1 N–H and O–H groups in total. The number of methoxy groups -OCH3 is 1. The lowest BCUT2D eigenvalue weighted by molar-refractivity contribution is -0.0717. The molecule has 2 fully saturated rings. The van der Waals surface area contributed by atoms with Crippen molar-refractivity contribution >= 4 is 40.6 Å². The van der Waals surface area contributed by atoms with Crippen molar-refractivity contribution in [3.63, 3.8) is 0 Å². The highest BCUT2D eigenvalue weighted by molar-refractivity contribution is 5.97. The van der Waals surface area contributed by atoms with Crippen molar-refractivity contribution in [2.45, 2.75) is 84.5 Å². The van der Waals surface area contributed by atoms with E-state index in [-0.39, 0.29) is 59.5 Å². The Bertz CT molecular complexity index is 1800. The molecule has 3 aromatic rings. The number of amides is 3. The summed E-state index contributed by atoms with van der Waals surface area (Å²) in [5.41, 5.74) is -0.525. The maximum Gasteiger partial charge on any atom is 0.415 e. The summed E-state index contributed by atoms with van der Waals surface area (Å²) in [6.45, 7) is 12.5. The Balaban J connectivity index is 1.14. The van der Waals surface area contributed by atoms with Crippen molar-refractivity contribution in [3.05, 3.63) is 36.4 Å². The molecule has 4 heterocycles. The summed E-state index contributed by atoms with van der Waals surface area (Å²) >= 11 is 0. The quantitative estimate of drug-likeness (QED) is 0.277. The van der Waals surface area contributed by atoms with Crippen molar-refractivity contribution in [2.75, 3.05) is 43.6 Å². The van der Waals surface area contributed by atoms with Gasteiger partial charge in [-0.15, -0.1) is 0 Å². The summed E-state index contributed by atoms with van der Waals surface area (Å²) in [5, 5.41) is 3.79. The van der Waals surface area contributed by atoms with Crippen LogP contribution in [0.25, 0.3) is 21.9 Å². The molecule has 2 aromatic heterocycles. The Morgan fingerprint density at radius 2 is 1.58 bits per heavy atom. The number of carbonyl (C=O) groups is 3. The van der Waals surface area contributed by atoms with E-state index in [1.54, 1.807) is 37.8 Å². The average molecular weight is 694 g/mol. The Morgan fingerprint density at radius 1 is 0.900 bits per heavy atom. The number of halogens is 1. The molecule has 268 valence electrons. The fourth-order valence-corrected chi connectivity index (χ4v) is 6.67. The van der Waals surface area contributed by atoms with Crippen LogP contribution in [0, 0.1) is 11.2 Å². The molecule has 1 spiro atoms. The smallest absolute Gasteiger partial charge is 0.415 e. The average Bonchev–Trinajstić information content (AvgIpc) is 3.01. The number of carbonyl (C=O) groups excluding carboxylic acids is 3. The second-order valence-corrected chi connectivity index (χ2v) is 15.1. The third kappa shape index (κ3) is 7.48. The molecule has 1 saturated heterocycles. The highest BCUT2D eigenvalue weighted by Crippen LogP contribution is 2.51. The molecule has 0 atom stereocenters. The SMILES string of the molecule is COc1c(-c2cc3cc(NC(=O)OC4CC5(CCN(C(=O)OC(C)(C)C)CC5)C4)ncc3cc2F)cnc2c1N(C(=O)OC(C)(C)C)CCO2. The van der Waals surface area contributed by atoms with Crippen LogP contribution in [0.2, 0.25) is 0 Å². The molecule has 6 rings (SSSR count). The zero-order chi connectivity index (χ0) is 36.0. The summed E-state index contributed by atoms with van der Waals surface area (Å²) in [6.07, 6.45) is 4.24. The van der Waals surface area contributed by atoms with Crippen molar-refractivity contribution in [3.8, 4) is 22.8 Å². The maximum atomic E-state index is 15.6. The Kier molecular flexibility index (Phi) is 9.16. The molecule has 1 aliphatic carbocycles. The molecule has 3 amide bonds. The lowest BCUT2D eigenvalue weighted by Gasteiger charge is -2.51. The Labute approximate surface area is 290 Å². The predicted octanol–water partition coefficient (Wildman–Crippen LogP) is 7.31. The maximum absolute atomic E-state index is 15.6. The monoisotopic (exact) mass is 693 g/mol. The summed E-state index contributed by atoms with van der Waals surface area (Å²) in [5.74, 6) is 0.0426. The number of hydrogen-bond donors (Lipinski definition) is 1. The number of fused-ring (bicyclic) bond motifs is 2. The third-order valence-corrected chi connectivity index (χ3v) is 9.01. The van der Waals surface area contributed by atoms with E-state index in [1.165, 1.54) is 30.5 Å². The first-order chi connectivity index (χ1) is 23.5. The van der Waals surface area contributed by atoms with E-state index in [1.807, 2.05) is 20.8 Å². The number of anilines is 2. The van der Waals surface area contributed by atoms with E-state index in [0.29, 0.717) is 29.4 Å². The summed E-state index contributed by atoms with van der Waals surface area (Å²) in [6, 6.07) is 4.57. The molecule has 1 aromatic carbocycles. The molecule has 50 heavy (non-hydrogen) atoms. The zero-order valence-electron chi connectivity index (χ0n) is 29.6. The van der Waals surface area contributed by atoms with Gasteiger partial charge in [0.15, 0.2) is 11.4 Å². The van der Waals surface area contributed by atoms with E-state index in [0.717, 1.165) is 25.7 Å². The van der Waals surface area contributed by atoms with Gasteiger partial charge in [0.1, 0.15) is 35.5 Å². The van der Waals surface area contributed by atoms with Crippen molar-refractivity contribution in [1.82, 2.24) is 14.9 Å². The van der Waals surface area contributed by atoms with Gasteiger partial charge < -0.3 is 28.6 Å². The molecule has 0 bridgehead atoms. The number of nitrogens with one attached hydrogen (secondary N) is 1. The van der Waals surface area contributed by atoms with Gasteiger partial charge >= 0.3 is 18.3 Å². The van der Waals surface area contributed by atoms with Gasteiger partial charge in [-0.1, -0.05) is 0 Å². The molecule has 14 heteroatoms. The topological polar surface area (TPSA) is 142 Å². The molecule has 0 unspecified atom stereocenters. The lowest BCUT2D eigenvalue weighted by Crippen LogP contribution is -2.52. The summed E-state index contributed by atoms with van der Waals surface area (Å²) in [4.78, 5) is 50.2. The van der Waals surface area contributed by atoms with E-state index in [2.05, 4.69) is 15.3 Å². The Morgan fingerprint density at radius 3 is 2.24 bits per heavy atom. The molecule has 2 aliphatic heterocycles. The predicted molar refractivity (Wildman–Crippen MR) is 183 cm³/mol. The molecule has 3 aliphatic rings. The fraction of sp³-hybridized carbons (Fsp3) is 0.528. The van der Waals surface area contributed by atoms with Gasteiger partial charge in [0.05, 0.1) is 13.7 Å². The van der Waals surface area contributed by atoms with Gasteiger partial charge in [-0.3, -0.25) is 10.2 Å². The second kappa shape index (κ2) is 13.1. The van der Waals surface area contributed by atoms with Gasteiger partial charge in [0, 0.05) is 42.0 Å². The van der Waals surface area contributed by atoms with Crippen LogP contribution in [-0.2, 0) is 14.2 Å². The number of aromatic nitrogens is 2. The van der Waals surface area contributed by atoms with Crippen LogP contribution in [0.5, 0.6) is 11.6 Å². The first-order valence-corrected chi connectivity index (χ1v) is 16.8. The Hall–Kier alpha value is -4.88. The van der Waals surface area contributed by atoms with Crippen molar-refractivity contribution in [2.24, 2.45) is 5.41 Å². The molecule has 13 nitrogen and oxygen atoms in total. The highest BCUT2D eigenvalue weighted by atomic mass is 19.1. The first-order valence-electron chi connectivity index (χ1n) is 16.8. The number of nitrogens with zero attached hydrogens (tertiary/aromatic N) is 4. The minimum Gasteiger partial charge on any atom is -0.494 e. The highest BCUT2D eigenvalue weighted by Gasteiger charge is 2.48. The number of piperidine rings is 1. The number of likely N-dealkylation sites (tertiary alicyclic amines) is 1.